The number of furan rings is 1. The number of hydrogen-bond donors (Lipinski definition) is 1. The molecule has 0 bridgehead atoms. The number of halogens is 1. The summed E-state index contributed by atoms with van der Waals surface area (Å²) in [5.41, 5.74) is 1.57. The molecule has 0 saturated carbocycles. The Labute approximate surface area is 113 Å². The first kappa shape index (κ1) is 11.7. The Morgan fingerprint density at radius 3 is 3.00 bits per heavy atom. The van der Waals surface area contributed by atoms with Crippen LogP contribution >= 0.6 is 11.6 Å². The van der Waals surface area contributed by atoms with Crippen LogP contribution < -0.4 is 5.32 Å². The van der Waals surface area contributed by atoms with E-state index in [-0.39, 0.29) is 11.6 Å². The molecule has 1 aliphatic rings. The first-order valence-corrected chi connectivity index (χ1v) is 5.87. The summed E-state index contributed by atoms with van der Waals surface area (Å²) in [6.45, 7) is 0. The highest BCUT2D eigenvalue weighted by atomic mass is 35.5. The van der Waals surface area contributed by atoms with Crippen LogP contribution in [0.5, 0.6) is 0 Å². The number of fused-ring (bicyclic) bond motifs is 1. The van der Waals surface area contributed by atoms with Crippen molar-refractivity contribution in [3.05, 3.63) is 52.9 Å². The fourth-order valence-electron chi connectivity index (χ4n) is 1.73. The molecular formula is C13H8ClN3O2. The molecule has 1 aromatic heterocycles. The molecule has 94 valence electrons. The van der Waals surface area contributed by atoms with E-state index in [0.29, 0.717) is 22.0 Å². The van der Waals surface area contributed by atoms with Crippen LogP contribution in [0, 0.1) is 0 Å². The molecule has 0 spiro atoms. The number of carbonyl (C=O) groups excluding carboxylic acids is 1. The maximum absolute atomic E-state index is 11.8. The van der Waals surface area contributed by atoms with Crippen LogP contribution in [0.4, 0.5) is 5.69 Å². The van der Waals surface area contributed by atoms with E-state index in [9.17, 15) is 4.79 Å². The second-order valence-corrected chi connectivity index (χ2v) is 4.29. The van der Waals surface area contributed by atoms with Gasteiger partial charge in [0.05, 0.1) is 18.2 Å². The van der Waals surface area contributed by atoms with E-state index in [4.69, 9.17) is 16.0 Å². The molecule has 0 unspecified atom stereocenters. The van der Waals surface area contributed by atoms with Crippen molar-refractivity contribution in [2.75, 3.05) is 5.32 Å². The predicted octanol–water partition coefficient (Wildman–Crippen LogP) is 2.71. The number of amides is 1. The number of benzene rings is 1. The third kappa shape index (κ3) is 2.28. The molecule has 1 amide bonds. The van der Waals surface area contributed by atoms with Crippen LogP contribution in [0.25, 0.3) is 0 Å². The number of nitrogens with one attached hydrogen (secondary N) is 1. The molecule has 3 rings (SSSR count). The predicted molar refractivity (Wildman–Crippen MR) is 72.9 cm³/mol. The lowest BCUT2D eigenvalue weighted by atomic mass is 10.1. The molecule has 5 nitrogen and oxygen atoms in total. The summed E-state index contributed by atoms with van der Waals surface area (Å²) >= 11 is 5.90. The molecule has 19 heavy (non-hydrogen) atoms. The number of anilines is 1. The number of rotatable bonds is 2. The van der Waals surface area contributed by atoms with Crippen LogP contribution in [-0.4, -0.2) is 17.8 Å². The van der Waals surface area contributed by atoms with Crippen molar-refractivity contribution in [1.82, 2.24) is 0 Å². The Morgan fingerprint density at radius 1 is 1.32 bits per heavy atom. The normalized spacial score (nSPS) is 16.1. The van der Waals surface area contributed by atoms with Gasteiger partial charge in [-0.2, -0.15) is 5.10 Å². The molecule has 0 aliphatic carbocycles. The van der Waals surface area contributed by atoms with Gasteiger partial charge in [-0.25, -0.2) is 0 Å². The molecule has 2 aromatic rings. The lowest BCUT2D eigenvalue weighted by molar-refractivity contribution is -0.110. The topological polar surface area (TPSA) is 67.0 Å². The van der Waals surface area contributed by atoms with E-state index in [1.807, 2.05) is 0 Å². The van der Waals surface area contributed by atoms with Gasteiger partial charge in [0.2, 0.25) is 0 Å². The Hall–Kier alpha value is -2.40. The van der Waals surface area contributed by atoms with E-state index in [1.54, 1.807) is 30.3 Å². The maximum atomic E-state index is 11.8. The molecule has 0 saturated heterocycles. The van der Waals surface area contributed by atoms with E-state index >= 15 is 0 Å². The lowest BCUT2D eigenvalue weighted by Crippen LogP contribution is -2.13. The van der Waals surface area contributed by atoms with Crippen molar-refractivity contribution in [3.8, 4) is 0 Å². The van der Waals surface area contributed by atoms with Gasteiger partial charge in [-0.1, -0.05) is 11.6 Å². The highest BCUT2D eigenvalue weighted by Crippen LogP contribution is 2.26. The monoisotopic (exact) mass is 273 g/mol. The highest BCUT2D eigenvalue weighted by Gasteiger charge is 2.26. The summed E-state index contributed by atoms with van der Waals surface area (Å²) < 4.78 is 5.07. The van der Waals surface area contributed by atoms with Crippen LogP contribution in [0.15, 0.2) is 51.2 Å². The molecule has 0 atom stereocenters. The first-order valence-electron chi connectivity index (χ1n) is 5.50. The highest BCUT2D eigenvalue weighted by molar-refractivity contribution is 6.54. The molecular weight excluding hydrogens is 266 g/mol. The largest absolute Gasteiger partial charge is 0.463 e. The first-order chi connectivity index (χ1) is 9.24. The van der Waals surface area contributed by atoms with Crippen molar-refractivity contribution in [3.63, 3.8) is 0 Å². The zero-order chi connectivity index (χ0) is 13.2. The average molecular weight is 274 g/mol. The summed E-state index contributed by atoms with van der Waals surface area (Å²) in [4.78, 5) is 11.8. The number of carbonyl (C=O) groups is 1. The quantitative estimate of drug-likeness (QED) is 0.675. The van der Waals surface area contributed by atoms with Gasteiger partial charge in [0.15, 0.2) is 5.71 Å². The van der Waals surface area contributed by atoms with E-state index < -0.39 is 0 Å². The molecule has 6 heteroatoms. The minimum atomic E-state index is -0.297. The lowest BCUT2D eigenvalue weighted by Gasteiger charge is -1.96. The smallest absolute Gasteiger partial charge is 0.276 e. The third-order valence-corrected chi connectivity index (χ3v) is 2.82. The Kier molecular flexibility index (Phi) is 2.89. The van der Waals surface area contributed by atoms with Gasteiger partial charge in [0.1, 0.15) is 5.76 Å². The molecule has 0 fully saturated rings. The zero-order valence-corrected chi connectivity index (χ0v) is 10.4. The van der Waals surface area contributed by atoms with Gasteiger partial charge in [-0.05, 0) is 30.3 Å². The van der Waals surface area contributed by atoms with E-state index in [1.165, 1.54) is 12.5 Å². The van der Waals surface area contributed by atoms with Crippen molar-refractivity contribution in [1.29, 1.82) is 0 Å². The van der Waals surface area contributed by atoms with Crippen molar-refractivity contribution in [2.24, 2.45) is 10.2 Å². The van der Waals surface area contributed by atoms with Crippen LogP contribution in [0.3, 0.4) is 0 Å². The van der Waals surface area contributed by atoms with Crippen molar-refractivity contribution < 1.29 is 9.21 Å². The summed E-state index contributed by atoms with van der Waals surface area (Å²) in [7, 11) is 0. The number of nitrogens with zero attached hydrogens (tertiary/aromatic N) is 2. The second kappa shape index (κ2) is 4.70. The van der Waals surface area contributed by atoms with Crippen molar-refractivity contribution in [2.45, 2.75) is 0 Å². The maximum Gasteiger partial charge on any atom is 0.276 e. The number of hydrogen-bond acceptors (Lipinski definition) is 4. The SMILES string of the molecule is O=C1Nc2ccc(Cl)cc2/C1=N/N=C/c1ccco1. The summed E-state index contributed by atoms with van der Waals surface area (Å²) in [5, 5.41) is 11.0. The average Bonchev–Trinajstić information content (AvgIpc) is 2.99. The molecule has 0 radical (unpaired) electrons. The molecule has 1 aliphatic heterocycles. The molecule has 1 N–H and O–H groups in total. The fourth-order valence-corrected chi connectivity index (χ4v) is 1.90. The van der Waals surface area contributed by atoms with E-state index in [0.717, 1.165) is 0 Å². The zero-order valence-electron chi connectivity index (χ0n) is 9.63. The minimum Gasteiger partial charge on any atom is -0.463 e. The van der Waals surface area contributed by atoms with Crippen LogP contribution in [0.2, 0.25) is 5.02 Å². The Morgan fingerprint density at radius 2 is 2.21 bits per heavy atom. The van der Waals surface area contributed by atoms with Crippen LogP contribution in [-0.2, 0) is 4.79 Å². The second-order valence-electron chi connectivity index (χ2n) is 3.85. The molecule has 1 aromatic carbocycles. The third-order valence-electron chi connectivity index (χ3n) is 2.59. The van der Waals surface area contributed by atoms with Gasteiger partial charge < -0.3 is 9.73 Å². The minimum absolute atomic E-state index is 0.236. The van der Waals surface area contributed by atoms with Gasteiger partial charge in [-0.3, -0.25) is 4.79 Å². The van der Waals surface area contributed by atoms with Crippen molar-refractivity contribution >= 4 is 35.1 Å². The van der Waals surface area contributed by atoms with Crippen LogP contribution in [0.1, 0.15) is 11.3 Å². The summed E-state index contributed by atoms with van der Waals surface area (Å²) in [5.74, 6) is 0.267. The summed E-state index contributed by atoms with van der Waals surface area (Å²) in [6, 6.07) is 8.59. The summed E-state index contributed by atoms with van der Waals surface area (Å²) in [6.07, 6.45) is 2.97. The standard InChI is InChI=1S/C13H8ClN3O2/c14-8-3-4-11-10(6-8)12(13(18)16-11)17-15-7-9-2-1-5-19-9/h1-7H,(H,16,17,18)/b15-7+. The Balaban J connectivity index is 1.93. The van der Waals surface area contributed by atoms with Gasteiger partial charge in [0.25, 0.3) is 5.91 Å². The van der Waals surface area contributed by atoms with Gasteiger partial charge in [-0.15, -0.1) is 5.10 Å². The van der Waals surface area contributed by atoms with Gasteiger partial charge in [0, 0.05) is 10.6 Å². The Bertz CT molecular complexity index is 690. The van der Waals surface area contributed by atoms with E-state index in [2.05, 4.69) is 15.5 Å². The van der Waals surface area contributed by atoms with Gasteiger partial charge >= 0.3 is 0 Å². The fraction of sp³-hybridized carbons (Fsp3) is 0. The molecule has 2 heterocycles.